The Balaban J connectivity index is 0.00000200. The Morgan fingerprint density at radius 1 is 1.00 bits per heavy atom. The van der Waals surface area contributed by atoms with Gasteiger partial charge >= 0.3 is 0 Å². The lowest BCUT2D eigenvalue weighted by Crippen LogP contribution is -2.21. The molecule has 0 heterocycles. The van der Waals surface area contributed by atoms with Crippen LogP contribution in [0.4, 0.5) is 0 Å². The second-order valence-electron chi connectivity index (χ2n) is 4.79. The summed E-state index contributed by atoms with van der Waals surface area (Å²) < 4.78 is 5.81. The lowest BCUT2D eigenvalue weighted by Gasteiger charge is -2.11. The largest absolute Gasteiger partial charge is 0.489 e. The molecular weight excluding hydrogens is 270 g/mol. The molecule has 0 bridgehead atoms. The van der Waals surface area contributed by atoms with Gasteiger partial charge in [-0.05, 0) is 36.1 Å². The normalized spacial score (nSPS) is 11.5. The average Bonchev–Trinajstić information content (AvgIpc) is 2.46. The summed E-state index contributed by atoms with van der Waals surface area (Å²) in [5.41, 5.74) is 8.39. The minimum atomic E-state index is 0. The predicted molar refractivity (Wildman–Crippen MR) is 86.4 cm³/mol. The van der Waals surface area contributed by atoms with Crippen molar-refractivity contribution in [2.45, 2.75) is 32.4 Å². The van der Waals surface area contributed by atoms with Crippen LogP contribution in [0.3, 0.4) is 0 Å². The Morgan fingerprint density at radius 3 is 2.40 bits per heavy atom. The Morgan fingerprint density at radius 2 is 1.70 bits per heavy atom. The fourth-order valence-electron chi connectivity index (χ4n) is 1.95. The maximum absolute atomic E-state index is 5.98. The van der Waals surface area contributed by atoms with E-state index in [9.17, 15) is 0 Å². The third-order valence-electron chi connectivity index (χ3n) is 3.17. The first-order valence-corrected chi connectivity index (χ1v) is 6.79. The van der Waals surface area contributed by atoms with Crippen molar-refractivity contribution in [3.8, 4) is 5.75 Å². The van der Waals surface area contributed by atoms with Crippen LogP contribution in [0.1, 0.15) is 24.5 Å². The molecule has 2 N–H and O–H groups in total. The molecule has 0 aliphatic carbocycles. The smallest absolute Gasteiger partial charge is 0.120 e. The van der Waals surface area contributed by atoms with Gasteiger partial charge in [-0.15, -0.1) is 12.4 Å². The molecule has 0 radical (unpaired) electrons. The quantitative estimate of drug-likeness (QED) is 0.874. The standard InChI is InChI=1S/C17H21NO.ClH/c1-2-16(18)11-15-9-6-10-17(12-15)19-13-14-7-4-3-5-8-14;/h3-10,12,16H,2,11,13,18H2,1H3;1H. The fraction of sp³-hybridized carbons (Fsp3) is 0.294. The van der Waals surface area contributed by atoms with E-state index < -0.39 is 0 Å². The fourth-order valence-corrected chi connectivity index (χ4v) is 1.95. The number of hydrogen-bond donors (Lipinski definition) is 1. The number of nitrogens with two attached hydrogens (primary N) is 1. The van der Waals surface area contributed by atoms with Crippen LogP contribution in [0.25, 0.3) is 0 Å². The van der Waals surface area contributed by atoms with Crippen LogP contribution in [0.2, 0.25) is 0 Å². The molecule has 2 aromatic rings. The molecule has 0 fully saturated rings. The topological polar surface area (TPSA) is 35.2 Å². The summed E-state index contributed by atoms with van der Waals surface area (Å²) in [6.07, 6.45) is 1.90. The summed E-state index contributed by atoms with van der Waals surface area (Å²) in [6.45, 7) is 2.71. The highest BCUT2D eigenvalue weighted by atomic mass is 35.5. The third kappa shape index (κ3) is 5.24. The lowest BCUT2D eigenvalue weighted by atomic mass is 10.0. The number of ether oxygens (including phenoxy) is 1. The zero-order valence-electron chi connectivity index (χ0n) is 11.8. The highest BCUT2D eigenvalue weighted by Crippen LogP contribution is 2.16. The van der Waals surface area contributed by atoms with Gasteiger partial charge in [-0.3, -0.25) is 0 Å². The molecule has 2 aromatic carbocycles. The van der Waals surface area contributed by atoms with Gasteiger partial charge in [-0.2, -0.15) is 0 Å². The van der Waals surface area contributed by atoms with Crippen molar-refractivity contribution in [3.05, 3.63) is 65.7 Å². The molecular formula is C17H22ClNO. The van der Waals surface area contributed by atoms with E-state index >= 15 is 0 Å². The molecule has 0 saturated heterocycles. The Hall–Kier alpha value is -1.51. The first-order valence-electron chi connectivity index (χ1n) is 6.79. The first-order chi connectivity index (χ1) is 9.28. The van der Waals surface area contributed by atoms with E-state index in [1.165, 1.54) is 11.1 Å². The third-order valence-corrected chi connectivity index (χ3v) is 3.17. The summed E-state index contributed by atoms with van der Waals surface area (Å²) in [5.74, 6) is 0.907. The van der Waals surface area contributed by atoms with E-state index in [0.29, 0.717) is 6.61 Å². The molecule has 20 heavy (non-hydrogen) atoms. The molecule has 0 saturated carbocycles. The molecule has 1 unspecified atom stereocenters. The summed E-state index contributed by atoms with van der Waals surface area (Å²) in [6, 6.07) is 18.6. The minimum Gasteiger partial charge on any atom is -0.489 e. The van der Waals surface area contributed by atoms with Crippen molar-refractivity contribution in [2.24, 2.45) is 5.73 Å². The van der Waals surface area contributed by atoms with E-state index in [4.69, 9.17) is 10.5 Å². The molecule has 0 aliphatic rings. The number of hydrogen-bond acceptors (Lipinski definition) is 2. The SMILES string of the molecule is CCC(N)Cc1cccc(OCc2ccccc2)c1.Cl. The molecule has 0 aliphatic heterocycles. The van der Waals surface area contributed by atoms with Crippen molar-refractivity contribution in [3.63, 3.8) is 0 Å². The monoisotopic (exact) mass is 291 g/mol. The van der Waals surface area contributed by atoms with E-state index in [1.54, 1.807) is 0 Å². The van der Waals surface area contributed by atoms with Crippen LogP contribution in [0.15, 0.2) is 54.6 Å². The maximum Gasteiger partial charge on any atom is 0.120 e. The van der Waals surface area contributed by atoms with Crippen molar-refractivity contribution >= 4 is 12.4 Å². The molecule has 2 rings (SSSR count). The van der Waals surface area contributed by atoms with Crippen molar-refractivity contribution in [1.82, 2.24) is 0 Å². The average molecular weight is 292 g/mol. The molecule has 0 spiro atoms. The highest BCUT2D eigenvalue weighted by molar-refractivity contribution is 5.85. The zero-order chi connectivity index (χ0) is 13.5. The second kappa shape index (κ2) is 8.62. The van der Waals surface area contributed by atoms with Crippen molar-refractivity contribution in [2.75, 3.05) is 0 Å². The Bertz CT molecular complexity index is 501. The van der Waals surface area contributed by atoms with Gasteiger partial charge in [-0.25, -0.2) is 0 Å². The summed E-state index contributed by atoms with van der Waals surface area (Å²) in [4.78, 5) is 0. The Labute approximate surface area is 127 Å². The zero-order valence-corrected chi connectivity index (χ0v) is 12.6. The second-order valence-corrected chi connectivity index (χ2v) is 4.79. The van der Waals surface area contributed by atoms with Crippen LogP contribution in [0, 0.1) is 0 Å². The summed E-state index contributed by atoms with van der Waals surface area (Å²) in [5, 5.41) is 0. The van der Waals surface area contributed by atoms with Gasteiger partial charge in [0.25, 0.3) is 0 Å². The predicted octanol–water partition coefficient (Wildman–Crippen LogP) is 3.97. The van der Waals surface area contributed by atoms with E-state index in [2.05, 4.69) is 31.2 Å². The highest BCUT2D eigenvalue weighted by Gasteiger charge is 2.03. The molecule has 108 valence electrons. The maximum atomic E-state index is 5.98. The van der Waals surface area contributed by atoms with E-state index in [0.717, 1.165) is 18.6 Å². The summed E-state index contributed by atoms with van der Waals surface area (Å²) >= 11 is 0. The Kier molecular flexibility index (Phi) is 7.13. The van der Waals surface area contributed by atoms with Gasteiger partial charge in [0, 0.05) is 6.04 Å². The van der Waals surface area contributed by atoms with E-state index in [1.807, 2.05) is 30.3 Å². The molecule has 2 nitrogen and oxygen atoms in total. The van der Waals surface area contributed by atoms with E-state index in [-0.39, 0.29) is 18.4 Å². The van der Waals surface area contributed by atoms with Gasteiger partial charge in [-0.1, -0.05) is 49.4 Å². The molecule has 1 atom stereocenters. The summed E-state index contributed by atoms with van der Waals surface area (Å²) in [7, 11) is 0. The molecule has 3 heteroatoms. The van der Waals surface area contributed by atoms with Crippen LogP contribution in [-0.4, -0.2) is 6.04 Å². The molecule has 0 aromatic heterocycles. The van der Waals surface area contributed by atoms with Crippen molar-refractivity contribution < 1.29 is 4.74 Å². The van der Waals surface area contributed by atoms with Gasteiger partial charge in [0.2, 0.25) is 0 Å². The molecule has 0 amide bonds. The van der Waals surface area contributed by atoms with Crippen LogP contribution in [-0.2, 0) is 13.0 Å². The van der Waals surface area contributed by atoms with Gasteiger partial charge in [0.05, 0.1) is 0 Å². The van der Waals surface area contributed by atoms with Crippen molar-refractivity contribution in [1.29, 1.82) is 0 Å². The van der Waals surface area contributed by atoms with Crippen LogP contribution < -0.4 is 10.5 Å². The lowest BCUT2D eigenvalue weighted by molar-refractivity contribution is 0.306. The number of rotatable bonds is 6. The number of halogens is 1. The van der Waals surface area contributed by atoms with Crippen LogP contribution in [0.5, 0.6) is 5.75 Å². The van der Waals surface area contributed by atoms with Crippen LogP contribution >= 0.6 is 12.4 Å². The van der Waals surface area contributed by atoms with Gasteiger partial charge in [0.1, 0.15) is 12.4 Å². The first kappa shape index (κ1) is 16.5. The number of benzene rings is 2. The van der Waals surface area contributed by atoms with Gasteiger partial charge < -0.3 is 10.5 Å². The minimum absolute atomic E-state index is 0. The van der Waals surface area contributed by atoms with Gasteiger partial charge in [0.15, 0.2) is 0 Å².